The molecule has 168 valence electrons. The molecule has 0 saturated carbocycles. The fourth-order valence-corrected chi connectivity index (χ4v) is 4.89. The number of amides is 1. The lowest BCUT2D eigenvalue weighted by Gasteiger charge is -2.33. The van der Waals surface area contributed by atoms with E-state index in [0.717, 1.165) is 23.5 Å². The summed E-state index contributed by atoms with van der Waals surface area (Å²) < 4.78 is 12.2. The van der Waals surface area contributed by atoms with Crippen LogP contribution in [0.25, 0.3) is 10.7 Å². The number of thioether (sulfide) groups is 1. The van der Waals surface area contributed by atoms with Crippen molar-refractivity contribution in [1.29, 1.82) is 0 Å². The van der Waals surface area contributed by atoms with E-state index in [9.17, 15) is 14.4 Å². The van der Waals surface area contributed by atoms with Crippen molar-refractivity contribution in [3.63, 3.8) is 0 Å². The Hall–Kier alpha value is -2.40. The minimum Gasteiger partial charge on any atom is -0.464 e. The zero-order chi connectivity index (χ0) is 22.2. The smallest absolute Gasteiger partial charge is 0.328 e. The van der Waals surface area contributed by atoms with Gasteiger partial charge >= 0.3 is 11.9 Å². The summed E-state index contributed by atoms with van der Waals surface area (Å²) >= 11 is 2.79. The van der Waals surface area contributed by atoms with Gasteiger partial charge in [0.1, 0.15) is 6.04 Å². The lowest BCUT2D eigenvalue weighted by molar-refractivity contribution is -0.160. The maximum Gasteiger partial charge on any atom is 0.328 e. The van der Waals surface area contributed by atoms with E-state index in [-0.39, 0.29) is 18.3 Å². The number of rotatable bonds is 9. The van der Waals surface area contributed by atoms with E-state index in [1.807, 2.05) is 29.0 Å². The highest BCUT2D eigenvalue weighted by Crippen LogP contribution is 2.27. The van der Waals surface area contributed by atoms with Gasteiger partial charge in [0.05, 0.1) is 17.2 Å². The van der Waals surface area contributed by atoms with E-state index in [0.29, 0.717) is 24.7 Å². The van der Waals surface area contributed by atoms with Crippen LogP contribution in [0.5, 0.6) is 0 Å². The molecular weight excluding hydrogens is 440 g/mol. The number of ether oxygens (including phenoxy) is 2. The van der Waals surface area contributed by atoms with Crippen LogP contribution < -0.4 is 0 Å². The fraction of sp³-hybridized carbons (Fsp3) is 0.550. The van der Waals surface area contributed by atoms with Crippen LogP contribution in [0.2, 0.25) is 0 Å². The first kappa shape index (κ1) is 23.3. The number of esters is 2. The van der Waals surface area contributed by atoms with Crippen molar-refractivity contribution < 1.29 is 23.9 Å². The summed E-state index contributed by atoms with van der Waals surface area (Å²) in [6, 6.07) is 3.32. The van der Waals surface area contributed by atoms with Crippen LogP contribution >= 0.6 is 23.1 Å². The zero-order valence-electron chi connectivity index (χ0n) is 17.6. The average molecular weight is 467 g/mol. The van der Waals surface area contributed by atoms with Crippen molar-refractivity contribution in [2.75, 3.05) is 25.5 Å². The summed E-state index contributed by atoms with van der Waals surface area (Å²) in [6.07, 6.45) is 2.23. The van der Waals surface area contributed by atoms with Crippen LogP contribution in [-0.2, 0) is 30.4 Å². The molecule has 2 aromatic heterocycles. The predicted octanol–water partition coefficient (Wildman–Crippen LogP) is 2.61. The Balaban J connectivity index is 1.51. The lowest BCUT2D eigenvalue weighted by Crippen LogP contribution is -2.50. The Morgan fingerprint density at radius 1 is 1.23 bits per heavy atom. The first-order chi connectivity index (χ1) is 15.0. The van der Waals surface area contributed by atoms with Crippen LogP contribution in [0.15, 0.2) is 22.7 Å². The van der Waals surface area contributed by atoms with E-state index in [2.05, 4.69) is 10.2 Å². The minimum atomic E-state index is -0.604. The molecule has 1 fully saturated rings. The monoisotopic (exact) mass is 466 g/mol. The molecule has 31 heavy (non-hydrogen) atoms. The lowest BCUT2D eigenvalue weighted by atomic mass is 10.0. The van der Waals surface area contributed by atoms with E-state index in [4.69, 9.17) is 9.47 Å². The van der Waals surface area contributed by atoms with Gasteiger partial charge in [0.15, 0.2) is 17.6 Å². The van der Waals surface area contributed by atoms with Crippen molar-refractivity contribution in [1.82, 2.24) is 19.7 Å². The molecule has 3 rings (SSSR count). The second-order valence-corrected chi connectivity index (χ2v) is 8.72. The van der Waals surface area contributed by atoms with Crippen molar-refractivity contribution in [3.8, 4) is 10.7 Å². The van der Waals surface area contributed by atoms with Gasteiger partial charge in [-0.05, 0) is 44.6 Å². The molecule has 0 spiro atoms. The van der Waals surface area contributed by atoms with Gasteiger partial charge < -0.3 is 18.9 Å². The summed E-state index contributed by atoms with van der Waals surface area (Å²) in [6.45, 7) is 4.71. The number of hydrogen-bond acceptors (Lipinski definition) is 9. The fourth-order valence-electron chi connectivity index (χ4n) is 3.37. The number of carbonyl (C=O) groups excluding carboxylic acids is 3. The van der Waals surface area contributed by atoms with Crippen LogP contribution in [0.3, 0.4) is 0 Å². The van der Waals surface area contributed by atoms with Crippen LogP contribution in [0.4, 0.5) is 0 Å². The molecule has 9 nitrogen and oxygen atoms in total. The van der Waals surface area contributed by atoms with E-state index < -0.39 is 24.6 Å². The van der Waals surface area contributed by atoms with Gasteiger partial charge in [-0.25, -0.2) is 4.79 Å². The number of piperidine rings is 1. The van der Waals surface area contributed by atoms with Gasteiger partial charge in [-0.2, -0.15) is 0 Å². The molecule has 3 heterocycles. The number of likely N-dealkylation sites (tertiary alicyclic amines) is 1. The van der Waals surface area contributed by atoms with E-state index >= 15 is 0 Å². The first-order valence-corrected chi connectivity index (χ1v) is 12.1. The van der Waals surface area contributed by atoms with Crippen LogP contribution in [0.1, 0.15) is 33.1 Å². The predicted molar refractivity (Wildman–Crippen MR) is 117 cm³/mol. The molecule has 1 aliphatic rings. The summed E-state index contributed by atoms with van der Waals surface area (Å²) in [7, 11) is 0. The molecule has 1 saturated heterocycles. The quantitative estimate of drug-likeness (QED) is 0.410. The Morgan fingerprint density at radius 2 is 2.06 bits per heavy atom. The van der Waals surface area contributed by atoms with E-state index in [1.165, 1.54) is 16.7 Å². The normalized spacial score (nSPS) is 16.2. The third-order valence-electron chi connectivity index (χ3n) is 4.83. The molecule has 11 heteroatoms. The second-order valence-electron chi connectivity index (χ2n) is 6.83. The topological polar surface area (TPSA) is 104 Å². The Bertz CT molecular complexity index is 900. The molecule has 0 radical (unpaired) electrons. The largest absolute Gasteiger partial charge is 0.464 e. The molecule has 1 unspecified atom stereocenters. The van der Waals surface area contributed by atoms with Gasteiger partial charge in [-0.3, -0.25) is 9.59 Å². The number of nitrogens with zero attached hydrogens (tertiary/aromatic N) is 4. The highest BCUT2D eigenvalue weighted by molar-refractivity contribution is 7.99. The van der Waals surface area contributed by atoms with Crippen molar-refractivity contribution in [3.05, 3.63) is 17.5 Å². The third kappa shape index (κ3) is 5.85. The van der Waals surface area contributed by atoms with E-state index in [1.54, 1.807) is 18.3 Å². The third-order valence-corrected chi connectivity index (χ3v) is 6.64. The number of carbonyl (C=O) groups is 3. The maximum absolute atomic E-state index is 12.5. The molecule has 1 aliphatic heterocycles. The highest BCUT2D eigenvalue weighted by Gasteiger charge is 2.33. The zero-order valence-corrected chi connectivity index (χ0v) is 19.2. The molecule has 0 aliphatic carbocycles. The number of thiophene rings is 1. The molecule has 0 aromatic carbocycles. The number of aromatic nitrogens is 3. The Labute approximate surface area is 189 Å². The molecule has 1 atom stereocenters. The second kappa shape index (κ2) is 11.3. The SMILES string of the molecule is CCOC(=O)C1CCCCN1C(=O)COC(=O)CSc1nnc(-c2cccs2)n1CC. The van der Waals surface area contributed by atoms with Gasteiger partial charge in [0, 0.05) is 13.1 Å². The Morgan fingerprint density at radius 3 is 2.77 bits per heavy atom. The first-order valence-electron chi connectivity index (χ1n) is 10.3. The van der Waals surface area contributed by atoms with Crippen LogP contribution in [0, 0.1) is 0 Å². The number of hydrogen-bond donors (Lipinski definition) is 0. The van der Waals surface area contributed by atoms with Gasteiger partial charge in [0.25, 0.3) is 5.91 Å². The highest BCUT2D eigenvalue weighted by atomic mass is 32.2. The minimum absolute atomic E-state index is 0.0111. The summed E-state index contributed by atoms with van der Waals surface area (Å²) in [4.78, 5) is 39.3. The van der Waals surface area contributed by atoms with Gasteiger partial charge in [0.2, 0.25) is 0 Å². The molecule has 0 bridgehead atoms. The summed E-state index contributed by atoms with van der Waals surface area (Å²) in [5, 5.41) is 11.0. The molecule has 1 amide bonds. The molecular formula is C20H26N4O5S2. The van der Waals surface area contributed by atoms with Crippen molar-refractivity contribution in [2.45, 2.75) is 50.9 Å². The van der Waals surface area contributed by atoms with Crippen molar-refractivity contribution >= 4 is 40.9 Å². The van der Waals surface area contributed by atoms with Gasteiger partial charge in [-0.15, -0.1) is 21.5 Å². The molecule has 2 aromatic rings. The van der Waals surface area contributed by atoms with Gasteiger partial charge in [-0.1, -0.05) is 17.8 Å². The Kier molecular flexibility index (Phi) is 8.47. The summed E-state index contributed by atoms with van der Waals surface area (Å²) in [5.41, 5.74) is 0. The van der Waals surface area contributed by atoms with Crippen LogP contribution in [-0.4, -0.2) is 69.1 Å². The summed E-state index contributed by atoms with van der Waals surface area (Å²) in [5.74, 6) is -0.535. The standard InChI is InChI=1S/C20H26N4O5S2/c1-3-23-18(15-9-7-11-30-15)21-22-20(23)31-13-17(26)29-12-16(25)24-10-6-5-8-14(24)19(27)28-4-2/h7,9,11,14H,3-6,8,10,12-13H2,1-2H3. The maximum atomic E-state index is 12.5. The van der Waals surface area contributed by atoms with Crippen molar-refractivity contribution in [2.24, 2.45) is 0 Å². The average Bonchev–Trinajstić information content (AvgIpc) is 3.45. The molecule has 0 N–H and O–H groups in total.